The zero-order valence-corrected chi connectivity index (χ0v) is 22.1. The van der Waals surface area contributed by atoms with E-state index in [0.29, 0.717) is 24.3 Å². The van der Waals surface area contributed by atoms with Crippen LogP contribution in [0.4, 0.5) is 17.6 Å². The zero-order chi connectivity index (χ0) is 29.4. The highest BCUT2D eigenvalue weighted by molar-refractivity contribution is 5.97. The lowest BCUT2D eigenvalue weighted by molar-refractivity contribution is -0.202. The molecule has 10 nitrogen and oxygen atoms in total. The standard InChI is InChI=1S/C26H28F4N4O6/c1-14-11-32(12-22(35)33(14)18-5-4-8-39-13-18)24(37)19-9-17(6-7-20(19)27)10-21-15(2)16(3)23(36)34(31-21)40-25(38)26(28,29)30/h6-7,9,14,18H,4-5,8,10-13H2,1-3H3. The number of hydrogen-bond donors (Lipinski definition) is 0. The summed E-state index contributed by atoms with van der Waals surface area (Å²) in [5.41, 5.74) is -0.603. The summed E-state index contributed by atoms with van der Waals surface area (Å²) in [6, 6.07) is 3.30. The zero-order valence-electron chi connectivity index (χ0n) is 22.1. The Morgan fingerprint density at radius 1 is 1.18 bits per heavy atom. The van der Waals surface area contributed by atoms with Crippen LogP contribution in [0.15, 0.2) is 23.0 Å². The van der Waals surface area contributed by atoms with Crippen LogP contribution >= 0.6 is 0 Å². The molecule has 1 aromatic heterocycles. The predicted octanol–water partition coefficient (Wildman–Crippen LogP) is 1.96. The molecule has 2 aliphatic heterocycles. The Bertz CT molecular complexity index is 1390. The summed E-state index contributed by atoms with van der Waals surface area (Å²) in [5.74, 6) is -4.39. The summed E-state index contributed by atoms with van der Waals surface area (Å²) in [4.78, 5) is 56.9. The largest absolute Gasteiger partial charge is 0.493 e. The van der Waals surface area contributed by atoms with Gasteiger partial charge in [0.2, 0.25) is 5.91 Å². The second-order valence-electron chi connectivity index (χ2n) is 9.95. The molecule has 0 radical (unpaired) electrons. The third-order valence-corrected chi connectivity index (χ3v) is 7.13. The minimum absolute atomic E-state index is 0.00729. The number of aromatic nitrogens is 2. The maximum Gasteiger partial charge on any atom is 0.493 e. The van der Waals surface area contributed by atoms with Crippen molar-refractivity contribution in [1.82, 2.24) is 19.7 Å². The van der Waals surface area contributed by atoms with Crippen molar-refractivity contribution < 1.29 is 41.5 Å². The third-order valence-electron chi connectivity index (χ3n) is 7.13. The molecule has 1 aromatic carbocycles. The average Bonchev–Trinajstić information content (AvgIpc) is 2.90. The minimum atomic E-state index is -5.35. The van der Waals surface area contributed by atoms with Gasteiger partial charge in [0.25, 0.3) is 5.91 Å². The van der Waals surface area contributed by atoms with Crippen LogP contribution in [0.5, 0.6) is 0 Å². The second kappa shape index (κ2) is 11.4. The molecule has 3 heterocycles. The van der Waals surface area contributed by atoms with Gasteiger partial charge in [-0.05, 0) is 61.7 Å². The predicted molar refractivity (Wildman–Crippen MR) is 131 cm³/mol. The number of rotatable bonds is 5. The SMILES string of the molecule is Cc1c(Cc2ccc(F)c(C(=O)N3CC(=O)N(C4CCCOC4)C(C)C3)c2)nn(OC(=O)C(F)(F)F)c(=O)c1C. The number of carbonyl (C=O) groups is 3. The van der Waals surface area contributed by atoms with E-state index in [1.165, 1.54) is 30.9 Å². The van der Waals surface area contributed by atoms with E-state index in [1.807, 2.05) is 6.92 Å². The topological polar surface area (TPSA) is 111 Å². The Morgan fingerprint density at radius 2 is 1.90 bits per heavy atom. The molecular formula is C26H28F4N4O6. The fourth-order valence-electron chi connectivity index (χ4n) is 4.94. The lowest BCUT2D eigenvalue weighted by Crippen LogP contribution is -2.61. The maximum atomic E-state index is 14.8. The molecule has 2 fully saturated rings. The summed E-state index contributed by atoms with van der Waals surface area (Å²) in [6.45, 7) is 5.69. The summed E-state index contributed by atoms with van der Waals surface area (Å²) < 4.78 is 58.3. The highest BCUT2D eigenvalue weighted by Crippen LogP contribution is 2.24. The van der Waals surface area contributed by atoms with Crippen molar-refractivity contribution in [2.75, 3.05) is 26.3 Å². The summed E-state index contributed by atoms with van der Waals surface area (Å²) >= 11 is 0. The highest BCUT2D eigenvalue weighted by Gasteiger charge is 2.42. The lowest BCUT2D eigenvalue weighted by Gasteiger charge is -2.44. The Hall–Kier alpha value is -3.81. The Balaban J connectivity index is 1.55. The molecule has 2 aromatic rings. The van der Waals surface area contributed by atoms with Crippen LogP contribution in [0.1, 0.15) is 52.5 Å². The van der Waals surface area contributed by atoms with Gasteiger partial charge < -0.3 is 19.4 Å². The van der Waals surface area contributed by atoms with Gasteiger partial charge in [0.15, 0.2) is 0 Å². The molecule has 2 amide bonds. The summed E-state index contributed by atoms with van der Waals surface area (Å²) in [7, 11) is 0. The van der Waals surface area contributed by atoms with Gasteiger partial charge in [-0.25, -0.2) is 9.18 Å². The van der Waals surface area contributed by atoms with Crippen molar-refractivity contribution in [1.29, 1.82) is 0 Å². The first-order valence-electron chi connectivity index (χ1n) is 12.6. The van der Waals surface area contributed by atoms with Gasteiger partial charge in [-0.2, -0.15) is 13.2 Å². The van der Waals surface area contributed by atoms with Crippen molar-refractivity contribution >= 4 is 17.8 Å². The van der Waals surface area contributed by atoms with Crippen molar-refractivity contribution in [2.24, 2.45) is 0 Å². The molecule has 216 valence electrons. The number of hydrogen-bond acceptors (Lipinski definition) is 7. The van der Waals surface area contributed by atoms with Gasteiger partial charge in [-0.3, -0.25) is 14.4 Å². The van der Waals surface area contributed by atoms with Crippen LogP contribution in [0.3, 0.4) is 0 Å². The fraction of sp³-hybridized carbons (Fsp3) is 0.500. The first-order valence-corrected chi connectivity index (χ1v) is 12.6. The van der Waals surface area contributed by atoms with Gasteiger partial charge in [-0.15, -0.1) is 5.10 Å². The smallest absolute Gasteiger partial charge is 0.379 e. The van der Waals surface area contributed by atoms with E-state index in [0.717, 1.165) is 18.9 Å². The van der Waals surface area contributed by atoms with Crippen LogP contribution in [-0.2, 0) is 20.7 Å². The van der Waals surface area contributed by atoms with E-state index < -0.39 is 29.4 Å². The number of alkyl halides is 3. The first-order chi connectivity index (χ1) is 18.8. The Labute approximate surface area is 226 Å². The molecule has 4 rings (SSSR count). The number of amides is 2. The lowest BCUT2D eigenvalue weighted by atomic mass is 10.0. The van der Waals surface area contributed by atoms with Gasteiger partial charge in [-0.1, -0.05) is 6.07 Å². The summed E-state index contributed by atoms with van der Waals surface area (Å²) in [5, 5.41) is 3.75. The molecule has 2 unspecified atom stereocenters. The Kier molecular flexibility index (Phi) is 8.28. The molecular weight excluding hydrogens is 540 g/mol. The normalized spacial score (nSPS) is 20.0. The van der Waals surface area contributed by atoms with Gasteiger partial charge in [0.05, 0.1) is 23.9 Å². The molecule has 0 aliphatic carbocycles. The number of piperazine rings is 1. The molecule has 0 N–H and O–H groups in total. The molecule has 2 saturated heterocycles. The molecule has 2 aliphatic rings. The van der Waals surface area contributed by atoms with Gasteiger partial charge in [0.1, 0.15) is 12.4 Å². The molecule has 2 atom stereocenters. The molecule has 0 spiro atoms. The first kappa shape index (κ1) is 29.2. The number of halogens is 4. The van der Waals surface area contributed by atoms with E-state index in [1.54, 1.807) is 4.90 Å². The van der Waals surface area contributed by atoms with E-state index >= 15 is 0 Å². The van der Waals surface area contributed by atoms with Gasteiger partial charge in [0, 0.05) is 31.2 Å². The quantitative estimate of drug-likeness (QED) is 0.507. The van der Waals surface area contributed by atoms with Crippen molar-refractivity contribution in [3.05, 3.63) is 62.3 Å². The molecule has 0 saturated carbocycles. The Morgan fingerprint density at radius 3 is 2.52 bits per heavy atom. The van der Waals surface area contributed by atoms with Crippen LogP contribution in [0, 0.1) is 19.7 Å². The van der Waals surface area contributed by atoms with Crippen molar-refractivity contribution in [3.8, 4) is 0 Å². The number of carbonyl (C=O) groups excluding carboxylic acids is 3. The van der Waals surface area contributed by atoms with E-state index in [2.05, 4.69) is 9.94 Å². The average molecular weight is 569 g/mol. The van der Waals surface area contributed by atoms with Crippen LogP contribution in [0.2, 0.25) is 0 Å². The highest BCUT2D eigenvalue weighted by atomic mass is 19.4. The van der Waals surface area contributed by atoms with Crippen molar-refractivity contribution in [2.45, 2.75) is 58.3 Å². The van der Waals surface area contributed by atoms with Crippen molar-refractivity contribution in [3.63, 3.8) is 0 Å². The summed E-state index contributed by atoms with van der Waals surface area (Å²) in [6.07, 6.45) is -3.84. The minimum Gasteiger partial charge on any atom is -0.379 e. The third kappa shape index (κ3) is 6.01. The molecule has 40 heavy (non-hydrogen) atoms. The number of ether oxygens (including phenoxy) is 1. The second-order valence-corrected chi connectivity index (χ2v) is 9.95. The van der Waals surface area contributed by atoms with Crippen LogP contribution in [0.25, 0.3) is 0 Å². The van der Waals surface area contributed by atoms with E-state index in [-0.39, 0.29) is 59.2 Å². The fourth-order valence-corrected chi connectivity index (χ4v) is 4.94. The van der Waals surface area contributed by atoms with Gasteiger partial charge >= 0.3 is 17.7 Å². The monoisotopic (exact) mass is 568 g/mol. The molecule has 14 heteroatoms. The number of benzene rings is 1. The van der Waals surface area contributed by atoms with E-state index in [9.17, 15) is 36.7 Å². The van der Waals surface area contributed by atoms with Crippen LogP contribution < -0.4 is 10.4 Å². The number of nitrogens with zero attached hydrogens (tertiary/aromatic N) is 4. The molecule has 0 bridgehead atoms. The maximum absolute atomic E-state index is 14.8. The van der Waals surface area contributed by atoms with Crippen LogP contribution in [-0.4, -0.2) is 82.1 Å². The van der Waals surface area contributed by atoms with E-state index in [4.69, 9.17) is 4.74 Å².